The number of aromatic nitrogens is 1. The average Bonchev–Trinajstić information content (AvgIpc) is 2.43. The van der Waals surface area contributed by atoms with Crippen molar-refractivity contribution in [2.24, 2.45) is 5.84 Å². The van der Waals surface area contributed by atoms with E-state index in [1.165, 1.54) is 5.56 Å². The predicted molar refractivity (Wildman–Crippen MR) is 79.2 cm³/mol. The third-order valence-corrected chi connectivity index (χ3v) is 3.69. The van der Waals surface area contributed by atoms with Crippen LogP contribution < -0.4 is 11.3 Å². The summed E-state index contributed by atoms with van der Waals surface area (Å²) in [5, 5.41) is 1.34. The van der Waals surface area contributed by atoms with Crippen molar-refractivity contribution in [2.75, 3.05) is 0 Å². The zero-order valence-electron chi connectivity index (χ0n) is 10.3. The van der Waals surface area contributed by atoms with Crippen LogP contribution in [0.4, 0.5) is 0 Å². The van der Waals surface area contributed by atoms with E-state index in [9.17, 15) is 0 Å². The van der Waals surface area contributed by atoms with Gasteiger partial charge in [-0.15, -0.1) is 0 Å². The molecule has 1 aromatic carbocycles. The van der Waals surface area contributed by atoms with Crippen LogP contribution in [0.3, 0.4) is 0 Å². The molecule has 0 aliphatic heterocycles. The number of benzene rings is 1. The Morgan fingerprint density at radius 1 is 1.05 bits per heavy atom. The molecule has 0 radical (unpaired) electrons. The Balaban J connectivity index is 2.11. The highest BCUT2D eigenvalue weighted by atomic mass is 35.5. The van der Waals surface area contributed by atoms with Gasteiger partial charge in [0.25, 0.3) is 0 Å². The highest BCUT2D eigenvalue weighted by Crippen LogP contribution is 2.26. The first kappa shape index (κ1) is 14.3. The quantitative estimate of drug-likeness (QED) is 0.658. The lowest BCUT2D eigenvalue weighted by atomic mass is 10.00. The molecule has 0 amide bonds. The van der Waals surface area contributed by atoms with Gasteiger partial charge in [-0.25, -0.2) is 0 Å². The van der Waals surface area contributed by atoms with Crippen LogP contribution in [-0.2, 0) is 12.8 Å². The molecule has 0 fully saturated rings. The zero-order chi connectivity index (χ0) is 13.7. The van der Waals surface area contributed by atoms with Gasteiger partial charge in [0.05, 0.1) is 0 Å². The fraction of sp³-hybridized carbons (Fsp3) is 0.214. The van der Waals surface area contributed by atoms with Gasteiger partial charge in [0.1, 0.15) is 0 Å². The largest absolute Gasteiger partial charge is 0.271 e. The molecular formula is C14H15Cl2N3. The molecule has 1 unspecified atom stereocenters. The fourth-order valence-corrected chi connectivity index (χ4v) is 2.52. The highest BCUT2D eigenvalue weighted by molar-refractivity contribution is 6.36. The molecule has 0 aliphatic carbocycles. The van der Waals surface area contributed by atoms with Gasteiger partial charge in [-0.05, 0) is 48.2 Å². The number of hydrazine groups is 1. The summed E-state index contributed by atoms with van der Waals surface area (Å²) in [4.78, 5) is 4.00. The molecule has 100 valence electrons. The molecular weight excluding hydrogens is 281 g/mol. The third-order valence-electron chi connectivity index (χ3n) is 2.98. The summed E-state index contributed by atoms with van der Waals surface area (Å²) < 4.78 is 0. The van der Waals surface area contributed by atoms with E-state index in [0.717, 1.165) is 12.0 Å². The number of nitrogens with zero attached hydrogens (tertiary/aromatic N) is 1. The van der Waals surface area contributed by atoms with Crippen LogP contribution in [0.2, 0.25) is 10.0 Å². The van der Waals surface area contributed by atoms with Crippen LogP contribution in [0.1, 0.15) is 11.1 Å². The van der Waals surface area contributed by atoms with Gasteiger partial charge >= 0.3 is 0 Å². The van der Waals surface area contributed by atoms with E-state index < -0.39 is 0 Å². The van der Waals surface area contributed by atoms with E-state index in [0.29, 0.717) is 16.5 Å². The molecule has 0 saturated carbocycles. The van der Waals surface area contributed by atoms with Crippen LogP contribution in [0.25, 0.3) is 0 Å². The molecule has 3 nitrogen and oxygen atoms in total. The Labute approximate surface area is 122 Å². The minimum atomic E-state index is 0.0693. The van der Waals surface area contributed by atoms with Gasteiger partial charge < -0.3 is 0 Å². The second-order valence-electron chi connectivity index (χ2n) is 4.33. The predicted octanol–water partition coefficient (Wildman–Crippen LogP) is 3.01. The second-order valence-corrected chi connectivity index (χ2v) is 5.14. The van der Waals surface area contributed by atoms with Crippen molar-refractivity contribution >= 4 is 23.2 Å². The fourth-order valence-electron chi connectivity index (χ4n) is 1.97. The van der Waals surface area contributed by atoms with E-state index in [4.69, 9.17) is 29.0 Å². The van der Waals surface area contributed by atoms with Gasteiger partial charge in [-0.2, -0.15) is 0 Å². The number of hydrogen-bond acceptors (Lipinski definition) is 3. The minimum Gasteiger partial charge on any atom is -0.271 e. The molecule has 0 spiro atoms. The summed E-state index contributed by atoms with van der Waals surface area (Å²) in [6.07, 6.45) is 5.01. The van der Waals surface area contributed by atoms with Crippen LogP contribution in [0.5, 0.6) is 0 Å². The third kappa shape index (κ3) is 3.91. The van der Waals surface area contributed by atoms with Crippen molar-refractivity contribution in [2.45, 2.75) is 18.9 Å². The Morgan fingerprint density at radius 2 is 1.68 bits per heavy atom. The van der Waals surface area contributed by atoms with Crippen molar-refractivity contribution in [1.82, 2.24) is 10.4 Å². The summed E-state index contributed by atoms with van der Waals surface area (Å²) >= 11 is 12.3. The summed E-state index contributed by atoms with van der Waals surface area (Å²) in [5.41, 5.74) is 4.90. The lowest BCUT2D eigenvalue weighted by Gasteiger charge is -2.17. The first-order valence-electron chi connectivity index (χ1n) is 5.98. The maximum atomic E-state index is 6.17. The van der Waals surface area contributed by atoms with E-state index in [-0.39, 0.29) is 6.04 Å². The Kier molecular flexibility index (Phi) is 5.16. The molecule has 2 rings (SSSR count). The monoisotopic (exact) mass is 295 g/mol. The van der Waals surface area contributed by atoms with E-state index in [1.807, 2.05) is 30.3 Å². The van der Waals surface area contributed by atoms with Crippen molar-refractivity contribution in [3.05, 3.63) is 63.9 Å². The van der Waals surface area contributed by atoms with Gasteiger partial charge in [0.15, 0.2) is 0 Å². The van der Waals surface area contributed by atoms with Crippen LogP contribution in [0, 0.1) is 0 Å². The van der Waals surface area contributed by atoms with E-state index in [1.54, 1.807) is 12.4 Å². The second kappa shape index (κ2) is 6.87. The lowest BCUT2D eigenvalue weighted by Crippen LogP contribution is -2.38. The highest BCUT2D eigenvalue weighted by Gasteiger charge is 2.13. The zero-order valence-corrected chi connectivity index (χ0v) is 11.8. The molecule has 0 aliphatic rings. The molecule has 0 saturated heterocycles. The number of pyridine rings is 1. The van der Waals surface area contributed by atoms with Crippen molar-refractivity contribution in [1.29, 1.82) is 0 Å². The first-order chi connectivity index (χ1) is 9.20. The number of nitrogens with one attached hydrogen (secondary N) is 1. The maximum absolute atomic E-state index is 6.17. The van der Waals surface area contributed by atoms with Crippen molar-refractivity contribution in [3.8, 4) is 0 Å². The van der Waals surface area contributed by atoms with Gasteiger partial charge in [-0.1, -0.05) is 29.3 Å². The van der Waals surface area contributed by atoms with Crippen LogP contribution >= 0.6 is 23.2 Å². The smallest absolute Gasteiger partial charge is 0.0453 e. The normalized spacial score (nSPS) is 12.4. The average molecular weight is 296 g/mol. The minimum absolute atomic E-state index is 0.0693. The number of hydrogen-bond donors (Lipinski definition) is 2. The van der Waals surface area contributed by atoms with Gasteiger partial charge in [0.2, 0.25) is 0 Å². The Hall–Kier alpha value is -1.13. The molecule has 0 bridgehead atoms. The summed E-state index contributed by atoms with van der Waals surface area (Å²) in [5.74, 6) is 5.62. The number of halogens is 2. The van der Waals surface area contributed by atoms with Gasteiger partial charge in [0, 0.05) is 28.5 Å². The lowest BCUT2D eigenvalue weighted by molar-refractivity contribution is 0.522. The summed E-state index contributed by atoms with van der Waals surface area (Å²) in [6.45, 7) is 0. The number of rotatable bonds is 5. The summed E-state index contributed by atoms with van der Waals surface area (Å²) in [6, 6.07) is 9.52. The first-order valence-corrected chi connectivity index (χ1v) is 6.74. The SMILES string of the molecule is NNC(Cc1ccncc1)Cc1c(Cl)cccc1Cl. The molecule has 5 heteroatoms. The maximum Gasteiger partial charge on any atom is 0.0453 e. The molecule has 1 heterocycles. The van der Waals surface area contributed by atoms with E-state index >= 15 is 0 Å². The molecule has 19 heavy (non-hydrogen) atoms. The number of nitrogens with two attached hydrogens (primary N) is 1. The van der Waals surface area contributed by atoms with Crippen LogP contribution in [0.15, 0.2) is 42.7 Å². The van der Waals surface area contributed by atoms with Crippen LogP contribution in [-0.4, -0.2) is 11.0 Å². The Bertz CT molecular complexity index is 511. The standard InChI is InChI=1S/C14H15Cl2N3/c15-13-2-1-3-14(16)12(13)9-11(19-17)8-10-4-6-18-7-5-10/h1-7,11,19H,8-9,17H2. The molecule has 1 atom stereocenters. The van der Waals surface area contributed by atoms with Crippen molar-refractivity contribution < 1.29 is 0 Å². The van der Waals surface area contributed by atoms with E-state index in [2.05, 4.69) is 10.4 Å². The summed E-state index contributed by atoms with van der Waals surface area (Å²) in [7, 11) is 0. The van der Waals surface area contributed by atoms with Crippen molar-refractivity contribution in [3.63, 3.8) is 0 Å². The Morgan fingerprint density at radius 3 is 2.26 bits per heavy atom. The topological polar surface area (TPSA) is 50.9 Å². The van der Waals surface area contributed by atoms with Gasteiger partial charge in [-0.3, -0.25) is 16.3 Å². The molecule has 1 aromatic heterocycles. The molecule has 3 N–H and O–H groups in total. The molecule has 2 aromatic rings.